The molecule has 2 nitrogen and oxygen atoms in total. The maximum absolute atomic E-state index is 8.49. The lowest BCUT2D eigenvalue weighted by atomic mass is 10.2. The fraction of sp³-hybridized carbons (Fsp3) is 0. The normalized spacial score (nSPS) is 8.27. The zero-order valence-corrected chi connectivity index (χ0v) is 6.26. The minimum absolute atomic E-state index is 0.233. The van der Waals surface area contributed by atoms with Crippen LogP contribution < -0.4 is 0 Å². The van der Waals surface area contributed by atoms with E-state index in [0.717, 1.165) is 0 Å². The van der Waals surface area contributed by atoms with Gasteiger partial charge in [0.2, 0.25) is 0 Å². The Bertz CT molecular complexity index is 357. The predicted octanol–water partition coefficient (Wildman–Crippen LogP) is 1.59. The number of terminal acetylenes is 1. The van der Waals surface area contributed by atoms with Crippen LogP contribution in [0.15, 0.2) is 12.3 Å². The van der Waals surface area contributed by atoms with Crippen molar-refractivity contribution in [1.29, 1.82) is 5.26 Å². The Hall–Kier alpha value is -1.51. The van der Waals surface area contributed by atoms with Crippen LogP contribution in [0.5, 0.6) is 0 Å². The van der Waals surface area contributed by atoms with Crippen molar-refractivity contribution in [2.75, 3.05) is 0 Å². The largest absolute Gasteiger partial charge is 0.243 e. The summed E-state index contributed by atoms with van der Waals surface area (Å²) in [6.45, 7) is 0. The van der Waals surface area contributed by atoms with Gasteiger partial charge in [0.15, 0.2) is 5.69 Å². The Kier molecular flexibility index (Phi) is 2.11. The lowest BCUT2D eigenvalue weighted by Crippen LogP contribution is -1.87. The molecule has 0 amide bonds. The molecule has 0 bridgehead atoms. The summed E-state index contributed by atoms with van der Waals surface area (Å²) in [5.41, 5.74) is 0.664. The van der Waals surface area contributed by atoms with Crippen LogP contribution in [0.2, 0.25) is 5.02 Å². The summed E-state index contributed by atoms with van der Waals surface area (Å²) in [6.07, 6.45) is 6.49. The molecular weight excluding hydrogens is 160 g/mol. The van der Waals surface area contributed by atoms with Crippen molar-refractivity contribution in [2.45, 2.75) is 0 Å². The van der Waals surface area contributed by atoms with Gasteiger partial charge in [0.05, 0.1) is 10.6 Å². The van der Waals surface area contributed by atoms with Gasteiger partial charge in [-0.3, -0.25) is 0 Å². The summed E-state index contributed by atoms with van der Waals surface area (Å²) in [5.74, 6) is 2.32. The van der Waals surface area contributed by atoms with E-state index >= 15 is 0 Å². The Balaban J connectivity index is 3.34. The zero-order chi connectivity index (χ0) is 8.27. The van der Waals surface area contributed by atoms with Crippen LogP contribution in [0, 0.1) is 23.7 Å². The first-order valence-corrected chi connectivity index (χ1v) is 3.18. The Labute approximate surface area is 69.4 Å². The van der Waals surface area contributed by atoms with Gasteiger partial charge in [0, 0.05) is 6.20 Å². The van der Waals surface area contributed by atoms with Crippen LogP contribution in [0.25, 0.3) is 0 Å². The second kappa shape index (κ2) is 3.05. The topological polar surface area (TPSA) is 36.7 Å². The fourth-order valence-corrected chi connectivity index (χ4v) is 0.796. The number of rotatable bonds is 0. The van der Waals surface area contributed by atoms with E-state index in [-0.39, 0.29) is 5.69 Å². The highest BCUT2D eigenvalue weighted by Gasteiger charge is 1.99. The van der Waals surface area contributed by atoms with Crippen molar-refractivity contribution in [3.8, 4) is 18.4 Å². The Morgan fingerprint density at radius 3 is 2.91 bits per heavy atom. The number of nitrogens with zero attached hydrogens (tertiary/aromatic N) is 2. The van der Waals surface area contributed by atoms with Crippen molar-refractivity contribution >= 4 is 11.6 Å². The molecule has 11 heavy (non-hydrogen) atoms. The fourth-order valence-electron chi connectivity index (χ4n) is 0.638. The molecule has 0 radical (unpaired) electrons. The second-order valence-electron chi connectivity index (χ2n) is 1.81. The molecule has 0 unspecified atom stereocenters. The molecule has 1 heterocycles. The Morgan fingerprint density at radius 1 is 1.64 bits per heavy atom. The van der Waals surface area contributed by atoms with Gasteiger partial charge in [-0.05, 0) is 6.07 Å². The quantitative estimate of drug-likeness (QED) is 0.544. The third-order valence-electron chi connectivity index (χ3n) is 1.12. The standard InChI is InChI=1S/C8H3ClN2/c1-2-6-3-7(9)5-11-8(6)4-10/h1,3,5H. The number of aromatic nitrogens is 1. The first kappa shape index (κ1) is 7.60. The maximum atomic E-state index is 8.49. The molecule has 0 aliphatic rings. The predicted molar refractivity (Wildman–Crippen MR) is 41.9 cm³/mol. The van der Waals surface area contributed by atoms with Gasteiger partial charge in [0.25, 0.3) is 0 Å². The molecule has 1 aromatic rings. The van der Waals surface area contributed by atoms with Crippen molar-refractivity contribution < 1.29 is 0 Å². The van der Waals surface area contributed by atoms with Gasteiger partial charge >= 0.3 is 0 Å². The monoisotopic (exact) mass is 162 g/mol. The molecule has 1 aromatic heterocycles. The van der Waals surface area contributed by atoms with Crippen LogP contribution in [0.1, 0.15) is 11.3 Å². The molecule has 0 aliphatic heterocycles. The van der Waals surface area contributed by atoms with Crippen molar-refractivity contribution in [3.63, 3.8) is 0 Å². The number of halogens is 1. The van der Waals surface area contributed by atoms with Gasteiger partial charge < -0.3 is 0 Å². The lowest BCUT2D eigenvalue weighted by Gasteiger charge is -1.93. The summed E-state index contributed by atoms with van der Waals surface area (Å²) in [5, 5.41) is 8.93. The number of hydrogen-bond donors (Lipinski definition) is 0. The van der Waals surface area contributed by atoms with Crippen LogP contribution in [0.4, 0.5) is 0 Å². The van der Waals surface area contributed by atoms with Crippen molar-refractivity contribution in [3.05, 3.63) is 28.5 Å². The lowest BCUT2D eigenvalue weighted by molar-refractivity contribution is 1.25. The average molecular weight is 163 g/mol. The molecule has 0 saturated heterocycles. The van der Waals surface area contributed by atoms with E-state index in [0.29, 0.717) is 10.6 Å². The highest BCUT2D eigenvalue weighted by atomic mass is 35.5. The molecule has 0 aromatic carbocycles. The van der Waals surface area contributed by atoms with Gasteiger partial charge in [-0.25, -0.2) is 4.98 Å². The van der Waals surface area contributed by atoms with E-state index in [2.05, 4.69) is 10.9 Å². The molecule has 0 fully saturated rings. The van der Waals surface area contributed by atoms with Gasteiger partial charge in [-0.1, -0.05) is 17.5 Å². The van der Waals surface area contributed by atoms with E-state index in [9.17, 15) is 0 Å². The van der Waals surface area contributed by atoms with Crippen LogP contribution in [-0.4, -0.2) is 4.98 Å². The summed E-state index contributed by atoms with van der Waals surface area (Å²) >= 11 is 5.59. The van der Waals surface area contributed by atoms with E-state index in [1.165, 1.54) is 12.3 Å². The van der Waals surface area contributed by atoms with Gasteiger partial charge in [-0.15, -0.1) is 6.42 Å². The molecular formula is C8H3ClN2. The zero-order valence-electron chi connectivity index (χ0n) is 5.50. The third kappa shape index (κ3) is 1.49. The van der Waals surface area contributed by atoms with E-state index in [1.807, 2.05) is 6.07 Å². The van der Waals surface area contributed by atoms with E-state index in [1.54, 1.807) is 0 Å². The molecule has 0 saturated carbocycles. The highest BCUT2D eigenvalue weighted by Crippen LogP contribution is 2.10. The van der Waals surface area contributed by atoms with Crippen LogP contribution in [0.3, 0.4) is 0 Å². The summed E-state index contributed by atoms with van der Waals surface area (Å²) in [4.78, 5) is 3.73. The summed E-state index contributed by atoms with van der Waals surface area (Å²) in [7, 11) is 0. The molecule has 0 aliphatic carbocycles. The molecule has 0 N–H and O–H groups in total. The van der Waals surface area contributed by atoms with Gasteiger partial charge in [-0.2, -0.15) is 5.26 Å². The van der Waals surface area contributed by atoms with Crippen LogP contribution >= 0.6 is 11.6 Å². The SMILES string of the molecule is C#Cc1cc(Cl)cnc1C#N. The maximum Gasteiger partial charge on any atom is 0.156 e. The number of pyridine rings is 1. The molecule has 0 spiro atoms. The number of hydrogen-bond acceptors (Lipinski definition) is 2. The van der Waals surface area contributed by atoms with E-state index < -0.39 is 0 Å². The average Bonchev–Trinajstić information content (AvgIpc) is 2.04. The molecule has 0 atom stereocenters. The highest BCUT2D eigenvalue weighted by molar-refractivity contribution is 6.30. The first-order valence-electron chi connectivity index (χ1n) is 2.80. The summed E-state index contributed by atoms with van der Waals surface area (Å²) < 4.78 is 0. The smallest absolute Gasteiger partial charge is 0.156 e. The first-order chi connectivity index (χ1) is 5.27. The molecule has 1 rings (SSSR count). The molecule has 52 valence electrons. The minimum atomic E-state index is 0.233. The van der Waals surface area contributed by atoms with Crippen molar-refractivity contribution in [2.24, 2.45) is 0 Å². The van der Waals surface area contributed by atoms with Crippen LogP contribution in [-0.2, 0) is 0 Å². The van der Waals surface area contributed by atoms with Gasteiger partial charge in [0.1, 0.15) is 6.07 Å². The van der Waals surface area contributed by atoms with Crippen molar-refractivity contribution in [1.82, 2.24) is 4.98 Å². The summed E-state index contributed by atoms with van der Waals surface area (Å²) in [6, 6.07) is 3.40. The number of nitriles is 1. The van der Waals surface area contributed by atoms with E-state index in [4.69, 9.17) is 23.3 Å². The third-order valence-corrected chi connectivity index (χ3v) is 1.32. The Morgan fingerprint density at radius 2 is 2.36 bits per heavy atom. The molecule has 3 heteroatoms. The minimum Gasteiger partial charge on any atom is -0.243 e. The second-order valence-corrected chi connectivity index (χ2v) is 2.24.